The number of H-pyrrole nitrogens is 1. The first-order chi connectivity index (χ1) is 7.68. The molecule has 0 unspecified atom stereocenters. The normalized spacial score (nSPS) is 20.2. The zero-order valence-electron chi connectivity index (χ0n) is 10.2. The molecule has 16 heavy (non-hydrogen) atoms. The smallest absolute Gasteiger partial charge is 0.167 e. The van der Waals surface area contributed by atoms with Crippen molar-refractivity contribution in [2.24, 2.45) is 11.7 Å². The quantitative estimate of drug-likeness (QED) is 0.825. The SMILES string of the molecule is CC(C)[C@@H](N)c1n[nH]c(C2CCCCC2)n1. The molecule has 4 nitrogen and oxygen atoms in total. The lowest BCUT2D eigenvalue weighted by Crippen LogP contribution is -2.18. The first-order valence-corrected chi connectivity index (χ1v) is 6.36. The highest BCUT2D eigenvalue weighted by atomic mass is 15.2. The molecule has 0 bridgehead atoms. The maximum atomic E-state index is 6.04. The molecule has 1 saturated carbocycles. The van der Waals surface area contributed by atoms with Crippen LogP contribution in [0.1, 0.15) is 69.6 Å². The Morgan fingerprint density at radius 2 is 1.94 bits per heavy atom. The molecule has 3 N–H and O–H groups in total. The van der Waals surface area contributed by atoms with Gasteiger partial charge in [-0.1, -0.05) is 33.1 Å². The maximum Gasteiger partial charge on any atom is 0.167 e. The average molecular weight is 222 g/mol. The third-order valence-corrected chi connectivity index (χ3v) is 3.53. The Balaban J connectivity index is 2.06. The minimum atomic E-state index is -0.0476. The molecule has 0 aromatic carbocycles. The van der Waals surface area contributed by atoms with Crippen LogP contribution in [0.4, 0.5) is 0 Å². The summed E-state index contributed by atoms with van der Waals surface area (Å²) in [5.74, 6) is 2.78. The highest BCUT2D eigenvalue weighted by Crippen LogP contribution is 2.31. The van der Waals surface area contributed by atoms with Gasteiger partial charge in [0, 0.05) is 5.92 Å². The molecule has 1 aromatic heterocycles. The van der Waals surface area contributed by atoms with Crippen molar-refractivity contribution in [1.29, 1.82) is 0 Å². The van der Waals surface area contributed by atoms with Crippen molar-refractivity contribution >= 4 is 0 Å². The van der Waals surface area contributed by atoms with Gasteiger partial charge in [-0.25, -0.2) is 4.98 Å². The Bertz CT molecular complexity index is 326. The van der Waals surface area contributed by atoms with Crippen LogP contribution in [-0.2, 0) is 0 Å². The number of aromatic nitrogens is 3. The van der Waals surface area contributed by atoms with Gasteiger partial charge in [0.1, 0.15) is 5.82 Å². The molecule has 4 heteroatoms. The lowest BCUT2D eigenvalue weighted by atomic mass is 9.89. The van der Waals surface area contributed by atoms with Crippen molar-refractivity contribution in [1.82, 2.24) is 15.2 Å². The van der Waals surface area contributed by atoms with E-state index in [2.05, 4.69) is 29.0 Å². The Morgan fingerprint density at radius 1 is 1.25 bits per heavy atom. The zero-order valence-corrected chi connectivity index (χ0v) is 10.2. The summed E-state index contributed by atoms with van der Waals surface area (Å²) in [6.45, 7) is 4.20. The fourth-order valence-corrected chi connectivity index (χ4v) is 2.29. The Morgan fingerprint density at radius 3 is 2.56 bits per heavy atom. The largest absolute Gasteiger partial charge is 0.321 e. The van der Waals surface area contributed by atoms with E-state index in [0.29, 0.717) is 11.8 Å². The molecule has 1 fully saturated rings. The van der Waals surface area contributed by atoms with Gasteiger partial charge >= 0.3 is 0 Å². The summed E-state index contributed by atoms with van der Waals surface area (Å²) in [6.07, 6.45) is 6.48. The Hall–Kier alpha value is -0.900. The van der Waals surface area contributed by atoms with E-state index in [1.165, 1.54) is 32.1 Å². The number of hydrogen-bond donors (Lipinski definition) is 2. The first kappa shape index (κ1) is 11.6. The molecule has 0 radical (unpaired) electrons. The number of hydrogen-bond acceptors (Lipinski definition) is 3. The fourth-order valence-electron chi connectivity index (χ4n) is 2.29. The second-order valence-electron chi connectivity index (χ2n) is 5.18. The summed E-state index contributed by atoms with van der Waals surface area (Å²) in [5, 5.41) is 7.32. The standard InChI is InChI=1S/C12H22N4/c1-8(2)10(13)12-14-11(15-16-12)9-6-4-3-5-7-9/h8-10H,3-7,13H2,1-2H3,(H,14,15,16)/t10-/m1/s1. The van der Waals surface area contributed by atoms with Gasteiger partial charge in [0.2, 0.25) is 0 Å². The maximum absolute atomic E-state index is 6.04. The predicted molar refractivity (Wildman–Crippen MR) is 64.0 cm³/mol. The second-order valence-corrected chi connectivity index (χ2v) is 5.18. The van der Waals surface area contributed by atoms with Gasteiger partial charge in [-0.3, -0.25) is 5.10 Å². The minimum absolute atomic E-state index is 0.0476. The molecular weight excluding hydrogens is 200 g/mol. The lowest BCUT2D eigenvalue weighted by molar-refractivity contribution is 0.428. The van der Waals surface area contributed by atoms with E-state index in [9.17, 15) is 0 Å². The molecular formula is C12H22N4. The molecule has 2 rings (SSSR count). The number of rotatable bonds is 3. The van der Waals surface area contributed by atoms with Gasteiger partial charge in [-0.15, -0.1) is 0 Å². The molecule has 1 aliphatic carbocycles. The van der Waals surface area contributed by atoms with Crippen LogP contribution >= 0.6 is 0 Å². The van der Waals surface area contributed by atoms with Crippen molar-refractivity contribution in [3.05, 3.63) is 11.6 Å². The fraction of sp³-hybridized carbons (Fsp3) is 0.833. The highest BCUT2D eigenvalue weighted by Gasteiger charge is 2.21. The van der Waals surface area contributed by atoms with Gasteiger partial charge in [0.15, 0.2) is 5.82 Å². The Labute approximate surface area is 97.0 Å². The van der Waals surface area contributed by atoms with E-state index in [1.807, 2.05) is 0 Å². The third-order valence-electron chi connectivity index (χ3n) is 3.53. The van der Waals surface area contributed by atoms with Crippen LogP contribution in [0, 0.1) is 5.92 Å². The van der Waals surface area contributed by atoms with Crippen LogP contribution < -0.4 is 5.73 Å². The number of aromatic amines is 1. The molecule has 1 aromatic rings. The number of nitrogens with two attached hydrogens (primary N) is 1. The second kappa shape index (κ2) is 4.95. The molecule has 1 atom stereocenters. The lowest BCUT2D eigenvalue weighted by Gasteiger charge is -2.18. The monoisotopic (exact) mass is 222 g/mol. The molecule has 0 amide bonds. The molecule has 1 heterocycles. The van der Waals surface area contributed by atoms with Crippen LogP contribution in [0.15, 0.2) is 0 Å². The minimum Gasteiger partial charge on any atom is -0.321 e. The zero-order chi connectivity index (χ0) is 11.5. The third kappa shape index (κ3) is 2.43. The van der Waals surface area contributed by atoms with Crippen molar-refractivity contribution in [3.8, 4) is 0 Å². The molecule has 90 valence electrons. The summed E-state index contributed by atoms with van der Waals surface area (Å²) < 4.78 is 0. The molecule has 1 aliphatic rings. The van der Waals surface area contributed by atoms with Gasteiger partial charge < -0.3 is 5.73 Å². The van der Waals surface area contributed by atoms with Crippen molar-refractivity contribution < 1.29 is 0 Å². The molecule has 0 saturated heterocycles. The Kier molecular flexibility index (Phi) is 3.59. The highest BCUT2D eigenvalue weighted by molar-refractivity contribution is 5.02. The van der Waals surface area contributed by atoms with E-state index < -0.39 is 0 Å². The van der Waals surface area contributed by atoms with E-state index in [4.69, 9.17) is 5.73 Å². The number of nitrogens with zero attached hydrogens (tertiary/aromatic N) is 2. The van der Waals surface area contributed by atoms with Crippen LogP contribution in [-0.4, -0.2) is 15.2 Å². The molecule has 0 spiro atoms. The topological polar surface area (TPSA) is 67.6 Å². The van der Waals surface area contributed by atoms with E-state index in [0.717, 1.165) is 11.6 Å². The summed E-state index contributed by atoms with van der Waals surface area (Å²) in [7, 11) is 0. The summed E-state index contributed by atoms with van der Waals surface area (Å²) in [6, 6.07) is -0.0476. The number of nitrogens with one attached hydrogen (secondary N) is 1. The van der Waals surface area contributed by atoms with E-state index >= 15 is 0 Å². The van der Waals surface area contributed by atoms with Gasteiger partial charge in [0.25, 0.3) is 0 Å². The van der Waals surface area contributed by atoms with Crippen LogP contribution in [0.25, 0.3) is 0 Å². The van der Waals surface area contributed by atoms with Gasteiger partial charge in [-0.05, 0) is 18.8 Å². The summed E-state index contributed by atoms with van der Waals surface area (Å²) >= 11 is 0. The van der Waals surface area contributed by atoms with Gasteiger partial charge in [0.05, 0.1) is 6.04 Å². The summed E-state index contributed by atoms with van der Waals surface area (Å²) in [4.78, 5) is 4.56. The average Bonchev–Trinajstić information content (AvgIpc) is 2.78. The van der Waals surface area contributed by atoms with Crippen LogP contribution in [0.2, 0.25) is 0 Å². The van der Waals surface area contributed by atoms with Crippen molar-refractivity contribution in [2.45, 2.75) is 57.9 Å². The van der Waals surface area contributed by atoms with Crippen LogP contribution in [0.5, 0.6) is 0 Å². The van der Waals surface area contributed by atoms with Crippen molar-refractivity contribution in [2.75, 3.05) is 0 Å². The summed E-state index contributed by atoms with van der Waals surface area (Å²) in [5.41, 5.74) is 6.04. The van der Waals surface area contributed by atoms with Crippen molar-refractivity contribution in [3.63, 3.8) is 0 Å². The predicted octanol–water partition coefficient (Wildman–Crippen LogP) is 2.51. The van der Waals surface area contributed by atoms with Crippen LogP contribution in [0.3, 0.4) is 0 Å². The molecule has 0 aliphatic heterocycles. The van der Waals surface area contributed by atoms with Gasteiger partial charge in [-0.2, -0.15) is 5.10 Å². The van der Waals surface area contributed by atoms with E-state index in [1.54, 1.807) is 0 Å². The van der Waals surface area contributed by atoms with E-state index in [-0.39, 0.29) is 6.04 Å². The first-order valence-electron chi connectivity index (χ1n) is 6.36.